The van der Waals surface area contributed by atoms with Crippen LogP contribution in [0.25, 0.3) is 0 Å². The van der Waals surface area contributed by atoms with Crippen LogP contribution in [0.4, 0.5) is 0 Å². The topological polar surface area (TPSA) is 9.23 Å². The maximum atomic E-state index is 5.90. The largest absolute Gasteiger partial charge is 0.504 e. The molecular formula is C16H23ClO. The van der Waals surface area contributed by atoms with Crippen LogP contribution in [0.3, 0.4) is 0 Å². The fraction of sp³-hybridized carbons (Fsp3) is 0.500. The van der Waals surface area contributed by atoms with Gasteiger partial charge in [0, 0.05) is 5.02 Å². The number of rotatable bonds is 2. The van der Waals surface area contributed by atoms with E-state index in [2.05, 4.69) is 12.1 Å². The minimum atomic E-state index is 0.632. The van der Waals surface area contributed by atoms with Crippen molar-refractivity contribution >= 4 is 11.6 Å². The molecule has 0 N–H and O–H groups in total. The Hall–Kier alpha value is -0.950. The van der Waals surface area contributed by atoms with Crippen molar-refractivity contribution < 1.29 is 4.74 Å². The third kappa shape index (κ3) is 4.38. The fourth-order valence-corrected chi connectivity index (χ4v) is 2.52. The zero-order chi connectivity index (χ0) is 13.4. The van der Waals surface area contributed by atoms with E-state index in [9.17, 15) is 0 Å². The van der Waals surface area contributed by atoms with Gasteiger partial charge in [-0.2, -0.15) is 0 Å². The first-order valence-corrected chi connectivity index (χ1v) is 7.13. The molecule has 1 nitrogen and oxygen atoms in total. The molecule has 2 rings (SSSR count). The van der Waals surface area contributed by atoms with Gasteiger partial charge in [0.05, 0.1) is 13.4 Å². The van der Waals surface area contributed by atoms with Crippen molar-refractivity contribution in [1.82, 2.24) is 0 Å². The van der Waals surface area contributed by atoms with Gasteiger partial charge in [0.25, 0.3) is 0 Å². The normalized spacial score (nSPS) is 21.1. The van der Waals surface area contributed by atoms with Gasteiger partial charge in [-0.15, -0.1) is 0 Å². The van der Waals surface area contributed by atoms with Crippen LogP contribution in [0.1, 0.15) is 51.0 Å². The van der Waals surface area contributed by atoms with Crippen molar-refractivity contribution in [3.05, 3.63) is 46.7 Å². The second-order valence-electron chi connectivity index (χ2n) is 4.36. The minimum Gasteiger partial charge on any atom is -0.504 e. The van der Waals surface area contributed by atoms with Crippen molar-refractivity contribution in [1.29, 1.82) is 0 Å². The van der Waals surface area contributed by atoms with E-state index in [1.165, 1.54) is 30.4 Å². The molecule has 1 aliphatic carbocycles. The fourth-order valence-electron chi connectivity index (χ4n) is 2.39. The SMILES string of the molecule is CC.CO/C=C1/CCCC(c2ccc(Cl)cc2)C1. The molecule has 1 aromatic rings. The first kappa shape index (κ1) is 15.1. The predicted molar refractivity (Wildman–Crippen MR) is 79.1 cm³/mol. The van der Waals surface area contributed by atoms with Gasteiger partial charge in [-0.1, -0.05) is 37.6 Å². The molecule has 0 bridgehead atoms. The molecule has 18 heavy (non-hydrogen) atoms. The highest BCUT2D eigenvalue weighted by atomic mass is 35.5. The van der Waals surface area contributed by atoms with Gasteiger partial charge in [0.15, 0.2) is 0 Å². The maximum absolute atomic E-state index is 5.90. The summed E-state index contributed by atoms with van der Waals surface area (Å²) < 4.78 is 5.10. The molecule has 100 valence electrons. The number of halogens is 1. The molecule has 0 aliphatic heterocycles. The lowest BCUT2D eigenvalue weighted by atomic mass is 9.82. The van der Waals surface area contributed by atoms with Gasteiger partial charge >= 0.3 is 0 Å². The van der Waals surface area contributed by atoms with Crippen LogP contribution in [0.2, 0.25) is 5.02 Å². The van der Waals surface area contributed by atoms with Crippen molar-refractivity contribution in [2.45, 2.75) is 45.4 Å². The summed E-state index contributed by atoms with van der Waals surface area (Å²) in [5.41, 5.74) is 2.82. The van der Waals surface area contributed by atoms with E-state index in [0.29, 0.717) is 5.92 Å². The molecule has 0 aromatic heterocycles. The van der Waals surface area contributed by atoms with E-state index < -0.39 is 0 Å². The van der Waals surface area contributed by atoms with Crippen LogP contribution < -0.4 is 0 Å². The number of hydrogen-bond donors (Lipinski definition) is 0. The first-order chi connectivity index (χ1) is 8.79. The van der Waals surface area contributed by atoms with E-state index in [1.54, 1.807) is 7.11 Å². The summed E-state index contributed by atoms with van der Waals surface area (Å²) in [5.74, 6) is 0.632. The molecule has 1 aliphatic rings. The van der Waals surface area contributed by atoms with Crippen LogP contribution in [-0.4, -0.2) is 7.11 Å². The Morgan fingerprint density at radius 3 is 2.50 bits per heavy atom. The maximum Gasteiger partial charge on any atom is 0.0816 e. The standard InChI is InChI=1S/C14H17ClO.C2H6/c1-16-10-11-3-2-4-13(9-11)12-5-7-14(15)8-6-12;1-2/h5-8,10,13H,2-4,9H2,1H3;1-2H3/b11-10-;. The third-order valence-corrected chi connectivity index (χ3v) is 3.44. The summed E-state index contributed by atoms with van der Waals surface area (Å²) in [4.78, 5) is 0. The van der Waals surface area contributed by atoms with E-state index in [-0.39, 0.29) is 0 Å². The molecule has 0 amide bonds. The van der Waals surface area contributed by atoms with Crippen LogP contribution in [0, 0.1) is 0 Å². The summed E-state index contributed by atoms with van der Waals surface area (Å²) in [6, 6.07) is 8.24. The lowest BCUT2D eigenvalue weighted by molar-refractivity contribution is 0.326. The number of hydrogen-bond acceptors (Lipinski definition) is 1. The van der Waals surface area contributed by atoms with E-state index in [1.807, 2.05) is 32.2 Å². The number of methoxy groups -OCH3 is 1. The summed E-state index contributed by atoms with van der Waals surface area (Å²) >= 11 is 5.90. The van der Waals surface area contributed by atoms with Crippen molar-refractivity contribution in [2.24, 2.45) is 0 Å². The average molecular weight is 267 g/mol. The summed E-state index contributed by atoms with van der Waals surface area (Å²) in [7, 11) is 1.72. The molecule has 1 unspecified atom stereocenters. The monoisotopic (exact) mass is 266 g/mol. The Labute approximate surface area is 116 Å². The van der Waals surface area contributed by atoms with Crippen LogP contribution in [0.5, 0.6) is 0 Å². The molecule has 1 fully saturated rings. The smallest absolute Gasteiger partial charge is 0.0816 e. The van der Waals surface area contributed by atoms with Crippen LogP contribution in [0.15, 0.2) is 36.1 Å². The Kier molecular flexibility index (Phi) is 6.89. The Morgan fingerprint density at radius 1 is 1.22 bits per heavy atom. The summed E-state index contributed by atoms with van der Waals surface area (Å²) in [6.45, 7) is 4.00. The molecule has 0 saturated heterocycles. The minimum absolute atomic E-state index is 0.632. The molecule has 1 aromatic carbocycles. The second-order valence-corrected chi connectivity index (χ2v) is 4.79. The molecule has 1 saturated carbocycles. The van der Waals surface area contributed by atoms with Crippen molar-refractivity contribution in [2.75, 3.05) is 7.11 Å². The average Bonchev–Trinajstić information content (AvgIpc) is 2.43. The highest BCUT2D eigenvalue weighted by Gasteiger charge is 2.18. The van der Waals surface area contributed by atoms with Gasteiger partial charge in [0.1, 0.15) is 0 Å². The van der Waals surface area contributed by atoms with Crippen LogP contribution in [-0.2, 0) is 4.74 Å². The number of ether oxygens (including phenoxy) is 1. The van der Waals surface area contributed by atoms with E-state index in [0.717, 1.165) is 11.4 Å². The molecule has 0 heterocycles. The van der Waals surface area contributed by atoms with Crippen molar-refractivity contribution in [3.63, 3.8) is 0 Å². The first-order valence-electron chi connectivity index (χ1n) is 6.76. The molecule has 1 atom stereocenters. The van der Waals surface area contributed by atoms with E-state index in [4.69, 9.17) is 16.3 Å². The van der Waals surface area contributed by atoms with Gasteiger partial charge in [0.2, 0.25) is 0 Å². The van der Waals surface area contributed by atoms with E-state index >= 15 is 0 Å². The number of benzene rings is 1. The third-order valence-electron chi connectivity index (χ3n) is 3.18. The van der Waals surface area contributed by atoms with Gasteiger partial charge < -0.3 is 4.74 Å². The zero-order valence-electron chi connectivity index (χ0n) is 11.6. The van der Waals surface area contributed by atoms with Crippen LogP contribution >= 0.6 is 11.6 Å². The molecular weight excluding hydrogens is 244 g/mol. The predicted octanol–water partition coefficient (Wildman–Crippen LogP) is 5.55. The molecule has 0 radical (unpaired) electrons. The summed E-state index contributed by atoms with van der Waals surface area (Å²) in [5, 5.41) is 0.812. The highest BCUT2D eigenvalue weighted by molar-refractivity contribution is 6.30. The summed E-state index contributed by atoms with van der Waals surface area (Å²) in [6.07, 6.45) is 6.72. The Balaban J connectivity index is 0.000000771. The Bertz CT molecular complexity index is 367. The lowest BCUT2D eigenvalue weighted by Crippen LogP contribution is -2.07. The van der Waals surface area contributed by atoms with Crippen molar-refractivity contribution in [3.8, 4) is 0 Å². The quantitative estimate of drug-likeness (QED) is 0.637. The molecule has 0 spiro atoms. The van der Waals surface area contributed by atoms with Gasteiger partial charge in [-0.3, -0.25) is 0 Å². The zero-order valence-corrected chi connectivity index (χ0v) is 12.3. The molecule has 2 heteroatoms. The number of allylic oxidation sites excluding steroid dienone is 1. The van der Waals surface area contributed by atoms with Gasteiger partial charge in [-0.05, 0) is 54.9 Å². The highest BCUT2D eigenvalue weighted by Crippen LogP contribution is 2.36. The van der Waals surface area contributed by atoms with Gasteiger partial charge in [-0.25, -0.2) is 0 Å². The lowest BCUT2D eigenvalue weighted by Gasteiger charge is -2.24. The second kappa shape index (κ2) is 8.20. The Morgan fingerprint density at radius 2 is 1.89 bits per heavy atom.